The van der Waals surface area contributed by atoms with E-state index in [1.807, 2.05) is 42.5 Å². The molecular weight excluding hydrogens is 340 g/mol. The molecule has 0 aliphatic carbocycles. The number of benzene rings is 3. The minimum absolute atomic E-state index is 0.421. The number of hydrogen-bond acceptors (Lipinski definition) is 3. The normalized spacial score (nSPS) is 10.7. The number of ether oxygens (including phenoxy) is 2. The molecule has 0 aliphatic heterocycles. The van der Waals surface area contributed by atoms with Crippen molar-refractivity contribution in [3.8, 4) is 22.6 Å². The maximum atomic E-state index is 10.5. The molecule has 0 amide bonds. The molecule has 4 heteroatoms. The minimum atomic E-state index is -0.968. The van der Waals surface area contributed by atoms with Gasteiger partial charge in [-0.3, -0.25) is 0 Å². The molecule has 0 unspecified atom stereocenters. The summed E-state index contributed by atoms with van der Waals surface area (Å²) in [7, 11) is 0. The number of carbonyl (C=O) groups is 1. The van der Waals surface area contributed by atoms with Gasteiger partial charge in [0.15, 0.2) is 0 Å². The molecule has 0 fully saturated rings. The van der Waals surface area contributed by atoms with E-state index in [1.54, 1.807) is 24.3 Å². The maximum Gasteiger partial charge on any atom is 0.328 e. The van der Waals surface area contributed by atoms with E-state index in [1.165, 1.54) is 11.6 Å². The van der Waals surface area contributed by atoms with Crippen molar-refractivity contribution in [3.63, 3.8) is 0 Å². The van der Waals surface area contributed by atoms with Gasteiger partial charge in [-0.05, 0) is 47.0 Å². The Kier molecular flexibility index (Phi) is 6.26. The number of carboxylic acids is 1. The van der Waals surface area contributed by atoms with E-state index >= 15 is 0 Å². The van der Waals surface area contributed by atoms with Crippen LogP contribution in [0, 0.1) is 0 Å². The van der Waals surface area contributed by atoms with Crippen LogP contribution in [0.25, 0.3) is 17.2 Å². The lowest BCUT2D eigenvalue weighted by molar-refractivity contribution is -0.131. The van der Waals surface area contributed by atoms with Crippen LogP contribution < -0.4 is 9.47 Å². The molecule has 0 spiro atoms. The smallest absolute Gasteiger partial charge is 0.328 e. The molecule has 0 aliphatic rings. The Bertz CT molecular complexity index is 882. The van der Waals surface area contributed by atoms with Gasteiger partial charge < -0.3 is 14.6 Å². The molecule has 0 saturated heterocycles. The largest absolute Gasteiger partial charge is 0.490 e. The van der Waals surface area contributed by atoms with E-state index in [9.17, 15) is 4.79 Å². The van der Waals surface area contributed by atoms with E-state index in [2.05, 4.69) is 12.1 Å². The average molecular weight is 360 g/mol. The van der Waals surface area contributed by atoms with Gasteiger partial charge in [-0.15, -0.1) is 0 Å². The van der Waals surface area contributed by atoms with Crippen molar-refractivity contribution in [1.29, 1.82) is 0 Å². The Morgan fingerprint density at radius 2 is 1.26 bits per heavy atom. The quantitative estimate of drug-likeness (QED) is 0.458. The molecular formula is C23H20O4. The second-order valence-corrected chi connectivity index (χ2v) is 5.83. The summed E-state index contributed by atoms with van der Waals surface area (Å²) >= 11 is 0. The lowest BCUT2D eigenvalue weighted by Crippen LogP contribution is -2.08. The zero-order chi connectivity index (χ0) is 18.9. The van der Waals surface area contributed by atoms with Crippen LogP contribution in [0.2, 0.25) is 0 Å². The third-order valence-corrected chi connectivity index (χ3v) is 3.88. The Labute approximate surface area is 158 Å². The van der Waals surface area contributed by atoms with Crippen molar-refractivity contribution >= 4 is 12.0 Å². The summed E-state index contributed by atoms with van der Waals surface area (Å²) in [5, 5.41) is 8.61. The first-order valence-corrected chi connectivity index (χ1v) is 8.63. The van der Waals surface area contributed by atoms with Crippen LogP contribution in [-0.4, -0.2) is 24.3 Å². The molecule has 1 N–H and O–H groups in total. The van der Waals surface area contributed by atoms with E-state index in [0.29, 0.717) is 19.0 Å². The van der Waals surface area contributed by atoms with Gasteiger partial charge in [0.1, 0.15) is 24.7 Å². The number of rotatable bonds is 8. The molecule has 4 nitrogen and oxygen atoms in total. The van der Waals surface area contributed by atoms with Crippen molar-refractivity contribution in [1.82, 2.24) is 0 Å². The summed E-state index contributed by atoms with van der Waals surface area (Å²) < 4.78 is 11.3. The molecule has 3 aromatic rings. The SMILES string of the molecule is O=C(O)C=Cc1ccc(OCCOc2ccc(-c3ccccc3)cc2)cc1. The molecule has 3 rings (SSSR count). The topological polar surface area (TPSA) is 55.8 Å². The average Bonchev–Trinajstić information content (AvgIpc) is 2.71. The molecule has 0 aromatic heterocycles. The fraction of sp³-hybridized carbons (Fsp3) is 0.0870. The van der Waals surface area contributed by atoms with Crippen LogP contribution in [-0.2, 0) is 4.79 Å². The first kappa shape index (κ1) is 18.3. The van der Waals surface area contributed by atoms with Crippen molar-refractivity contribution in [3.05, 3.63) is 90.5 Å². The van der Waals surface area contributed by atoms with Crippen molar-refractivity contribution in [2.75, 3.05) is 13.2 Å². The lowest BCUT2D eigenvalue weighted by Gasteiger charge is -2.09. The molecule has 0 atom stereocenters. The second-order valence-electron chi connectivity index (χ2n) is 5.83. The molecule has 136 valence electrons. The predicted molar refractivity (Wildman–Crippen MR) is 106 cm³/mol. The number of carboxylic acid groups (broad SMARTS) is 1. The molecule has 27 heavy (non-hydrogen) atoms. The van der Waals surface area contributed by atoms with Crippen molar-refractivity contribution in [2.24, 2.45) is 0 Å². The Morgan fingerprint density at radius 1 is 0.741 bits per heavy atom. The third-order valence-electron chi connectivity index (χ3n) is 3.88. The van der Waals surface area contributed by atoms with Gasteiger partial charge in [-0.25, -0.2) is 4.79 Å². The summed E-state index contributed by atoms with van der Waals surface area (Å²) in [6.45, 7) is 0.857. The lowest BCUT2D eigenvalue weighted by atomic mass is 10.1. The van der Waals surface area contributed by atoms with Crippen LogP contribution in [0.5, 0.6) is 11.5 Å². The highest BCUT2D eigenvalue weighted by atomic mass is 16.5. The Morgan fingerprint density at radius 3 is 1.81 bits per heavy atom. The highest BCUT2D eigenvalue weighted by Gasteiger charge is 1.99. The standard InChI is InChI=1S/C23H20O4/c24-23(25)15-8-18-6-11-21(12-7-18)26-16-17-27-22-13-9-20(10-14-22)19-4-2-1-3-5-19/h1-15H,16-17H2,(H,24,25). The monoisotopic (exact) mass is 360 g/mol. The number of aliphatic carboxylic acids is 1. The fourth-order valence-corrected chi connectivity index (χ4v) is 2.54. The second kappa shape index (κ2) is 9.25. The Balaban J connectivity index is 1.44. The summed E-state index contributed by atoms with van der Waals surface area (Å²) in [6, 6.07) is 25.4. The minimum Gasteiger partial charge on any atom is -0.490 e. The van der Waals surface area contributed by atoms with Gasteiger partial charge in [-0.1, -0.05) is 54.6 Å². The van der Waals surface area contributed by atoms with Crippen LogP contribution in [0.15, 0.2) is 84.9 Å². The van der Waals surface area contributed by atoms with Crippen LogP contribution in [0.1, 0.15) is 5.56 Å². The molecule has 3 aromatic carbocycles. The number of hydrogen-bond donors (Lipinski definition) is 1. The van der Waals surface area contributed by atoms with Gasteiger partial charge in [0.25, 0.3) is 0 Å². The summed E-state index contributed by atoms with van der Waals surface area (Å²) in [6.07, 6.45) is 2.64. The van der Waals surface area contributed by atoms with Crippen LogP contribution in [0.4, 0.5) is 0 Å². The molecule has 0 saturated carbocycles. The summed E-state index contributed by atoms with van der Waals surface area (Å²) in [5.41, 5.74) is 3.13. The van der Waals surface area contributed by atoms with Gasteiger partial charge >= 0.3 is 5.97 Å². The summed E-state index contributed by atoms with van der Waals surface area (Å²) in [4.78, 5) is 10.5. The molecule has 0 bridgehead atoms. The van der Waals surface area contributed by atoms with Gasteiger partial charge in [0.2, 0.25) is 0 Å². The third kappa shape index (κ3) is 5.75. The van der Waals surface area contributed by atoms with E-state index in [4.69, 9.17) is 14.6 Å². The maximum absolute atomic E-state index is 10.5. The van der Waals surface area contributed by atoms with Gasteiger partial charge in [-0.2, -0.15) is 0 Å². The highest BCUT2D eigenvalue weighted by molar-refractivity contribution is 5.85. The summed E-state index contributed by atoms with van der Waals surface area (Å²) in [5.74, 6) is 0.544. The van der Waals surface area contributed by atoms with E-state index < -0.39 is 5.97 Å². The Hall–Kier alpha value is -3.53. The van der Waals surface area contributed by atoms with E-state index in [0.717, 1.165) is 23.0 Å². The van der Waals surface area contributed by atoms with Gasteiger partial charge in [0, 0.05) is 6.08 Å². The predicted octanol–water partition coefficient (Wildman–Crippen LogP) is 4.91. The fourth-order valence-electron chi connectivity index (χ4n) is 2.54. The highest BCUT2D eigenvalue weighted by Crippen LogP contribution is 2.22. The zero-order valence-corrected chi connectivity index (χ0v) is 14.7. The van der Waals surface area contributed by atoms with Crippen molar-refractivity contribution in [2.45, 2.75) is 0 Å². The van der Waals surface area contributed by atoms with Gasteiger partial charge in [0.05, 0.1) is 0 Å². The van der Waals surface area contributed by atoms with Crippen molar-refractivity contribution < 1.29 is 19.4 Å². The van der Waals surface area contributed by atoms with E-state index in [-0.39, 0.29) is 0 Å². The molecule has 0 heterocycles. The van der Waals surface area contributed by atoms with Crippen LogP contribution in [0.3, 0.4) is 0 Å². The molecule has 0 radical (unpaired) electrons. The first-order chi connectivity index (χ1) is 13.2. The first-order valence-electron chi connectivity index (χ1n) is 8.63. The van der Waals surface area contributed by atoms with Crippen LogP contribution >= 0.6 is 0 Å². The zero-order valence-electron chi connectivity index (χ0n) is 14.7.